The summed E-state index contributed by atoms with van der Waals surface area (Å²) in [6, 6.07) is 7.05. The molecule has 1 aromatic carbocycles. The lowest BCUT2D eigenvalue weighted by Gasteiger charge is -1.99. The summed E-state index contributed by atoms with van der Waals surface area (Å²) in [5.74, 6) is -0.345. The van der Waals surface area contributed by atoms with Gasteiger partial charge in [0.05, 0.1) is 33.2 Å². The highest BCUT2D eigenvalue weighted by atomic mass is 16.7. The molecule has 0 atom stereocenters. The fraction of sp³-hybridized carbons (Fsp3) is 0. The Morgan fingerprint density at radius 2 is 1.68 bits per heavy atom. The number of hydrogen-bond donors (Lipinski definition) is 1. The summed E-state index contributed by atoms with van der Waals surface area (Å²) < 4.78 is 5.02. The zero-order valence-electron chi connectivity index (χ0n) is 12.1. The highest BCUT2D eigenvalue weighted by molar-refractivity contribution is 5.75. The Bertz CT molecular complexity index is 1010. The standard InChI is InChI=1S/C13H7N5O7/c19-16(20)7-1-2-8(11(5-7)17(21)22)9-6-10(15-14-9)12-3-4-13(25-12)18(23)24/h1-6H,(H,14,15). The number of aromatic nitrogens is 2. The summed E-state index contributed by atoms with van der Waals surface area (Å²) in [6.07, 6.45) is 0. The third kappa shape index (κ3) is 2.90. The molecular weight excluding hydrogens is 338 g/mol. The molecule has 0 aliphatic heterocycles. The van der Waals surface area contributed by atoms with E-state index in [0.717, 1.165) is 18.2 Å². The Kier molecular flexibility index (Phi) is 3.69. The van der Waals surface area contributed by atoms with Crippen LogP contribution in [0.25, 0.3) is 22.7 Å². The van der Waals surface area contributed by atoms with Gasteiger partial charge in [0.1, 0.15) is 10.6 Å². The van der Waals surface area contributed by atoms with E-state index >= 15 is 0 Å². The predicted molar refractivity (Wildman–Crippen MR) is 81.7 cm³/mol. The number of H-pyrrole nitrogens is 1. The first-order chi connectivity index (χ1) is 11.9. The van der Waals surface area contributed by atoms with Gasteiger partial charge in [-0.25, -0.2) is 0 Å². The van der Waals surface area contributed by atoms with Gasteiger partial charge in [0.2, 0.25) is 0 Å². The van der Waals surface area contributed by atoms with Crippen LogP contribution in [-0.2, 0) is 0 Å². The smallest absolute Gasteiger partial charge is 0.399 e. The van der Waals surface area contributed by atoms with Crippen LogP contribution in [-0.4, -0.2) is 25.0 Å². The molecule has 25 heavy (non-hydrogen) atoms. The second-order valence-corrected chi connectivity index (χ2v) is 4.78. The number of furan rings is 1. The van der Waals surface area contributed by atoms with Gasteiger partial charge in [-0.3, -0.25) is 35.4 Å². The summed E-state index contributed by atoms with van der Waals surface area (Å²) in [6.45, 7) is 0. The van der Waals surface area contributed by atoms with Gasteiger partial charge >= 0.3 is 5.88 Å². The quantitative estimate of drug-likeness (QED) is 0.542. The minimum absolute atomic E-state index is 0.0548. The fourth-order valence-electron chi connectivity index (χ4n) is 2.16. The van der Waals surface area contributed by atoms with Gasteiger partial charge in [-0.05, 0) is 18.2 Å². The van der Waals surface area contributed by atoms with Gasteiger partial charge in [-0.1, -0.05) is 0 Å². The van der Waals surface area contributed by atoms with E-state index < -0.39 is 32.0 Å². The van der Waals surface area contributed by atoms with Gasteiger partial charge in [0.25, 0.3) is 11.4 Å². The average molecular weight is 345 g/mol. The Morgan fingerprint density at radius 1 is 0.920 bits per heavy atom. The number of rotatable bonds is 5. The summed E-state index contributed by atoms with van der Waals surface area (Å²) in [5, 5.41) is 39.0. The van der Waals surface area contributed by atoms with Gasteiger partial charge in [-0.15, -0.1) is 0 Å². The van der Waals surface area contributed by atoms with E-state index in [1.807, 2.05) is 0 Å². The highest BCUT2D eigenvalue weighted by Crippen LogP contribution is 2.34. The van der Waals surface area contributed by atoms with Crippen molar-refractivity contribution in [1.29, 1.82) is 0 Å². The van der Waals surface area contributed by atoms with E-state index in [4.69, 9.17) is 4.42 Å². The third-order valence-corrected chi connectivity index (χ3v) is 3.28. The van der Waals surface area contributed by atoms with Gasteiger partial charge in [0.15, 0.2) is 5.76 Å². The molecule has 3 aromatic rings. The molecule has 12 heteroatoms. The molecule has 0 radical (unpaired) electrons. The average Bonchev–Trinajstić information content (AvgIpc) is 3.23. The van der Waals surface area contributed by atoms with E-state index in [1.165, 1.54) is 18.2 Å². The molecule has 126 valence electrons. The number of non-ortho nitro benzene ring substituents is 1. The van der Waals surface area contributed by atoms with E-state index in [9.17, 15) is 30.3 Å². The lowest BCUT2D eigenvalue weighted by Crippen LogP contribution is -1.95. The van der Waals surface area contributed by atoms with Crippen molar-refractivity contribution in [3.05, 3.63) is 66.7 Å². The fourth-order valence-corrected chi connectivity index (χ4v) is 2.16. The minimum Gasteiger partial charge on any atom is -0.399 e. The molecule has 0 aliphatic rings. The summed E-state index contributed by atoms with van der Waals surface area (Å²) in [7, 11) is 0. The van der Waals surface area contributed by atoms with Crippen LogP contribution in [0.4, 0.5) is 17.3 Å². The molecule has 2 heterocycles. The summed E-state index contributed by atoms with van der Waals surface area (Å²) in [4.78, 5) is 30.4. The van der Waals surface area contributed by atoms with Gasteiger partial charge in [0, 0.05) is 6.07 Å². The third-order valence-electron chi connectivity index (χ3n) is 3.28. The largest absolute Gasteiger partial charge is 0.433 e. The number of benzene rings is 1. The molecule has 0 spiro atoms. The van der Waals surface area contributed by atoms with Gasteiger partial charge in [-0.2, -0.15) is 5.10 Å². The van der Waals surface area contributed by atoms with Crippen molar-refractivity contribution in [1.82, 2.24) is 10.2 Å². The van der Waals surface area contributed by atoms with Crippen molar-refractivity contribution in [2.75, 3.05) is 0 Å². The molecule has 2 aromatic heterocycles. The molecule has 0 saturated heterocycles. The first kappa shape index (κ1) is 15.8. The molecule has 0 aliphatic carbocycles. The van der Waals surface area contributed by atoms with Gasteiger partial charge < -0.3 is 4.42 Å². The molecule has 0 bridgehead atoms. The maximum Gasteiger partial charge on any atom is 0.433 e. The highest BCUT2D eigenvalue weighted by Gasteiger charge is 2.23. The van der Waals surface area contributed by atoms with Crippen LogP contribution >= 0.6 is 0 Å². The van der Waals surface area contributed by atoms with Crippen molar-refractivity contribution in [3.8, 4) is 22.7 Å². The van der Waals surface area contributed by atoms with Crippen LogP contribution in [0.15, 0.2) is 40.8 Å². The number of nitro groups is 3. The Morgan fingerprint density at radius 3 is 2.28 bits per heavy atom. The zero-order chi connectivity index (χ0) is 18.1. The zero-order valence-corrected chi connectivity index (χ0v) is 12.1. The Labute approximate surface area is 137 Å². The molecule has 1 N–H and O–H groups in total. The van der Waals surface area contributed by atoms with E-state index in [0.29, 0.717) is 0 Å². The first-order valence-electron chi connectivity index (χ1n) is 6.60. The number of nitrogens with one attached hydrogen (secondary N) is 1. The van der Waals surface area contributed by atoms with Crippen LogP contribution in [0.5, 0.6) is 0 Å². The van der Waals surface area contributed by atoms with Crippen molar-refractivity contribution >= 4 is 17.3 Å². The lowest BCUT2D eigenvalue weighted by molar-refractivity contribution is -0.401. The maximum atomic E-state index is 11.2. The Hall–Kier alpha value is -4.09. The van der Waals surface area contributed by atoms with E-state index in [-0.39, 0.29) is 22.7 Å². The van der Waals surface area contributed by atoms with Crippen molar-refractivity contribution in [2.45, 2.75) is 0 Å². The number of aromatic amines is 1. The molecular formula is C13H7N5O7. The maximum absolute atomic E-state index is 11.2. The van der Waals surface area contributed by atoms with Crippen molar-refractivity contribution < 1.29 is 19.2 Å². The van der Waals surface area contributed by atoms with Crippen molar-refractivity contribution in [3.63, 3.8) is 0 Å². The topological polar surface area (TPSA) is 171 Å². The molecule has 0 amide bonds. The summed E-state index contributed by atoms with van der Waals surface area (Å²) >= 11 is 0. The molecule has 0 fully saturated rings. The molecule has 0 saturated carbocycles. The van der Waals surface area contributed by atoms with Crippen LogP contribution in [0.1, 0.15) is 0 Å². The van der Waals surface area contributed by atoms with E-state index in [2.05, 4.69) is 10.2 Å². The number of nitro benzene ring substituents is 2. The van der Waals surface area contributed by atoms with E-state index in [1.54, 1.807) is 0 Å². The SMILES string of the molecule is O=[N+]([O-])c1ccc(-c2cc(-c3ccc([N+](=O)[O-])o3)[nH]n2)c([N+](=O)[O-])c1. The predicted octanol–water partition coefficient (Wildman–Crippen LogP) is 3.06. The Balaban J connectivity index is 2.03. The first-order valence-corrected chi connectivity index (χ1v) is 6.60. The minimum atomic E-state index is -0.756. The van der Waals surface area contributed by atoms with Crippen LogP contribution in [0.3, 0.4) is 0 Å². The second kappa shape index (κ2) is 5.84. The second-order valence-electron chi connectivity index (χ2n) is 4.78. The number of nitrogens with zero attached hydrogens (tertiary/aromatic N) is 4. The summed E-state index contributed by atoms with van der Waals surface area (Å²) in [5.41, 5.74) is -0.462. The molecule has 3 rings (SSSR count). The lowest BCUT2D eigenvalue weighted by atomic mass is 10.1. The van der Waals surface area contributed by atoms with Crippen LogP contribution in [0, 0.1) is 30.3 Å². The van der Waals surface area contributed by atoms with Crippen LogP contribution in [0.2, 0.25) is 0 Å². The van der Waals surface area contributed by atoms with Crippen molar-refractivity contribution in [2.24, 2.45) is 0 Å². The molecule has 0 unspecified atom stereocenters. The van der Waals surface area contributed by atoms with Crippen LogP contribution < -0.4 is 0 Å². The molecule has 12 nitrogen and oxygen atoms in total. The normalized spacial score (nSPS) is 10.6. The number of hydrogen-bond acceptors (Lipinski definition) is 8. The monoisotopic (exact) mass is 345 g/mol.